The van der Waals surface area contributed by atoms with Gasteiger partial charge in [0, 0.05) is 5.56 Å². The first-order valence-electron chi connectivity index (χ1n) is 11.5. The van der Waals surface area contributed by atoms with Crippen LogP contribution in [0.3, 0.4) is 0 Å². The molecule has 0 aliphatic carbocycles. The molecular weight excluding hydrogens is 572 g/mol. The van der Waals surface area contributed by atoms with Crippen LogP contribution < -0.4 is 4.90 Å². The predicted molar refractivity (Wildman–Crippen MR) is 131 cm³/mol. The molecule has 1 aliphatic rings. The van der Waals surface area contributed by atoms with Crippen LogP contribution in [0, 0.1) is 5.41 Å². The Hall–Kier alpha value is -3.81. The molecule has 1 heterocycles. The summed E-state index contributed by atoms with van der Waals surface area (Å²) in [5, 5.41) is 4.69. The van der Waals surface area contributed by atoms with Crippen LogP contribution in [0.5, 0.6) is 0 Å². The number of methoxy groups -OCH3 is 1. The Kier molecular flexibility index (Phi) is 8.72. The molecule has 0 radical (unpaired) electrons. The van der Waals surface area contributed by atoms with Gasteiger partial charge >= 0.3 is 24.4 Å². The van der Waals surface area contributed by atoms with E-state index in [-0.39, 0.29) is 30.1 Å². The van der Waals surface area contributed by atoms with E-state index >= 15 is 0 Å². The predicted octanol–water partition coefficient (Wildman–Crippen LogP) is 5.77. The van der Waals surface area contributed by atoms with E-state index in [2.05, 4.69) is 9.84 Å². The van der Waals surface area contributed by atoms with Crippen molar-refractivity contribution in [3.05, 3.63) is 64.2 Å². The highest BCUT2D eigenvalue weighted by atomic mass is 35.5. The third-order valence-electron chi connectivity index (χ3n) is 5.91. The molecule has 2 aromatic carbocycles. The largest absolute Gasteiger partial charge is 0.465 e. The molecule has 0 fully saturated rings. The number of nitrogens with zero attached hydrogens (tertiary/aromatic N) is 3. The van der Waals surface area contributed by atoms with E-state index in [0.29, 0.717) is 17.0 Å². The summed E-state index contributed by atoms with van der Waals surface area (Å²) in [7, 11) is 0.963. The molecule has 3 rings (SSSR count). The van der Waals surface area contributed by atoms with Crippen molar-refractivity contribution in [1.82, 2.24) is 5.01 Å². The van der Waals surface area contributed by atoms with Crippen LogP contribution in [-0.4, -0.2) is 55.5 Å². The van der Waals surface area contributed by atoms with Gasteiger partial charge in [0.2, 0.25) is 0 Å². The van der Waals surface area contributed by atoms with Crippen molar-refractivity contribution in [2.45, 2.75) is 26.2 Å². The van der Waals surface area contributed by atoms with Gasteiger partial charge < -0.3 is 9.47 Å². The Balaban J connectivity index is 1.97. The second-order valence-electron chi connectivity index (χ2n) is 8.76. The summed E-state index contributed by atoms with van der Waals surface area (Å²) in [6.45, 7) is 1.98. The second kappa shape index (κ2) is 11.4. The Labute approximate surface area is 229 Å². The zero-order valence-corrected chi connectivity index (χ0v) is 21.9. The fourth-order valence-electron chi connectivity index (χ4n) is 4.01. The third kappa shape index (κ3) is 6.32. The SMILES string of the molecule is CCOC(=O)C1(C)CN(CC(=O)N(C(=O)OC)c2ccc(C(F)(F)F)cc2)N=C1c1ccc(C(F)(F)F)c(Cl)c1. The number of anilines is 1. The van der Waals surface area contributed by atoms with Crippen molar-refractivity contribution < 1.29 is 50.2 Å². The van der Waals surface area contributed by atoms with Crippen LogP contribution in [0.1, 0.15) is 30.5 Å². The lowest BCUT2D eigenvalue weighted by atomic mass is 9.82. The maximum Gasteiger partial charge on any atom is 0.420 e. The number of hydrogen-bond donors (Lipinski definition) is 0. The number of imide groups is 1. The smallest absolute Gasteiger partial charge is 0.420 e. The first-order chi connectivity index (χ1) is 18.5. The lowest BCUT2D eigenvalue weighted by Gasteiger charge is -2.26. The van der Waals surface area contributed by atoms with Gasteiger partial charge in [0.1, 0.15) is 12.0 Å². The first-order valence-corrected chi connectivity index (χ1v) is 11.9. The summed E-state index contributed by atoms with van der Waals surface area (Å²) in [6.07, 6.45) is -10.6. The number of halogens is 7. The lowest BCUT2D eigenvalue weighted by molar-refractivity contribution is -0.150. The molecule has 0 bridgehead atoms. The molecular formula is C25H22ClF6N3O5. The standard InChI is InChI=1S/C25H22ClF6N3O5/c1-4-40-21(37)23(2)13-34(33-20(23)14-5-10-17(18(26)11-14)25(30,31)32)12-19(36)35(22(38)39-3)16-8-6-15(7-9-16)24(27,28)29/h5-11H,4,12-13H2,1-3H3. The van der Waals surface area contributed by atoms with Gasteiger partial charge in [-0.2, -0.15) is 31.4 Å². The average Bonchev–Trinajstić information content (AvgIpc) is 3.20. The van der Waals surface area contributed by atoms with E-state index in [1.165, 1.54) is 6.92 Å². The van der Waals surface area contributed by atoms with Crippen LogP contribution in [-0.2, 0) is 31.4 Å². The van der Waals surface area contributed by atoms with E-state index in [9.17, 15) is 40.7 Å². The highest BCUT2D eigenvalue weighted by Gasteiger charge is 2.48. The number of amides is 2. The monoisotopic (exact) mass is 593 g/mol. The minimum atomic E-state index is -4.73. The molecule has 1 atom stereocenters. The number of hydrazone groups is 1. The number of hydrogen-bond acceptors (Lipinski definition) is 7. The Bertz CT molecular complexity index is 1330. The summed E-state index contributed by atoms with van der Waals surface area (Å²) >= 11 is 5.86. The van der Waals surface area contributed by atoms with Gasteiger partial charge in [-0.3, -0.25) is 14.6 Å². The maximum absolute atomic E-state index is 13.2. The van der Waals surface area contributed by atoms with E-state index in [4.69, 9.17) is 16.3 Å². The molecule has 8 nitrogen and oxygen atoms in total. The summed E-state index contributed by atoms with van der Waals surface area (Å²) in [5.74, 6) is -1.76. The van der Waals surface area contributed by atoms with Gasteiger partial charge in [0.15, 0.2) is 0 Å². The molecule has 0 saturated heterocycles. The normalized spacial score (nSPS) is 17.4. The highest BCUT2D eigenvalue weighted by molar-refractivity contribution is 6.32. The number of ether oxygens (including phenoxy) is 2. The number of esters is 1. The molecule has 216 valence electrons. The van der Waals surface area contributed by atoms with Gasteiger partial charge in [-0.05, 0) is 50.2 Å². The van der Waals surface area contributed by atoms with Crippen LogP contribution in [0.25, 0.3) is 0 Å². The zero-order valence-electron chi connectivity index (χ0n) is 21.2. The molecule has 0 N–H and O–H groups in total. The van der Waals surface area contributed by atoms with Gasteiger partial charge in [-0.15, -0.1) is 0 Å². The van der Waals surface area contributed by atoms with Crippen molar-refractivity contribution in [1.29, 1.82) is 0 Å². The number of carbonyl (C=O) groups excluding carboxylic acids is 3. The third-order valence-corrected chi connectivity index (χ3v) is 6.23. The maximum atomic E-state index is 13.2. The van der Waals surface area contributed by atoms with Gasteiger partial charge in [0.05, 0.1) is 47.8 Å². The molecule has 0 saturated carbocycles. The fraction of sp³-hybridized carbons (Fsp3) is 0.360. The van der Waals surface area contributed by atoms with Crippen molar-refractivity contribution in [3.63, 3.8) is 0 Å². The summed E-state index contributed by atoms with van der Waals surface area (Å²) in [5.41, 5.74) is -3.90. The fourth-order valence-corrected chi connectivity index (χ4v) is 4.30. The van der Waals surface area contributed by atoms with Gasteiger partial charge in [-0.25, -0.2) is 9.69 Å². The topological polar surface area (TPSA) is 88.5 Å². The zero-order chi connectivity index (χ0) is 30.0. The van der Waals surface area contributed by atoms with Crippen molar-refractivity contribution in [2.24, 2.45) is 10.5 Å². The Morgan fingerprint density at radius 1 is 1.05 bits per heavy atom. The number of carbonyl (C=O) groups is 3. The molecule has 1 aliphatic heterocycles. The van der Waals surface area contributed by atoms with E-state index in [1.807, 2.05) is 0 Å². The van der Waals surface area contributed by atoms with Gasteiger partial charge in [-0.1, -0.05) is 17.7 Å². The highest BCUT2D eigenvalue weighted by Crippen LogP contribution is 2.38. The van der Waals surface area contributed by atoms with E-state index < -0.39 is 58.4 Å². The molecule has 2 aromatic rings. The van der Waals surface area contributed by atoms with E-state index in [1.54, 1.807) is 6.92 Å². The average molecular weight is 594 g/mol. The van der Waals surface area contributed by atoms with Crippen LogP contribution in [0.15, 0.2) is 47.6 Å². The molecule has 40 heavy (non-hydrogen) atoms. The van der Waals surface area contributed by atoms with Crippen LogP contribution in [0.2, 0.25) is 5.02 Å². The minimum absolute atomic E-state index is 0.0293. The molecule has 0 spiro atoms. The minimum Gasteiger partial charge on any atom is -0.465 e. The molecule has 1 unspecified atom stereocenters. The summed E-state index contributed by atoms with van der Waals surface area (Å²) in [6, 6.07) is 5.94. The number of benzene rings is 2. The van der Waals surface area contributed by atoms with Crippen LogP contribution >= 0.6 is 11.6 Å². The molecule has 15 heteroatoms. The van der Waals surface area contributed by atoms with Gasteiger partial charge in [0.25, 0.3) is 5.91 Å². The number of rotatable bonds is 6. The van der Waals surface area contributed by atoms with Crippen molar-refractivity contribution in [3.8, 4) is 0 Å². The van der Waals surface area contributed by atoms with E-state index in [0.717, 1.165) is 42.5 Å². The summed E-state index contributed by atoms with van der Waals surface area (Å²) in [4.78, 5) is 39.0. The lowest BCUT2D eigenvalue weighted by Crippen LogP contribution is -2.45. The van der Waals surface area contributed by atoms with Crippen molar-refractivity contribution >= 4 is 41.0 Å². The number of alkyl halides is 6. The quantitative estimate of drug-likeness (QED) is 0.312. The Morgan fingerprint density at radius 3 is 2.17 bits per heavy atom. The molecule has 2 amide bonds. The Morgan fingerprint density at radius 2 is 1.68 bits per heavy atom. The first kappa shape index (κ1) is 30.7. The second-order valence-corrected chi connectivity index (χ2v) is 9.17. The van der Waals surface area contributed by atoms with Crippen molar-refractivity contribution in [2.75, 3.05) is 31.7 Å². The molecule has 0 aromatic heterocycles. The summed E-state index contributed by atoms with van der Waals surface area (Å²) < 4.78 is 88.2. The van der Waals surface area contributed by atoms with Crippen LogP contribution in [0.4, 0.5) is 36.8 Å².